The number of phenolic OH excluding ortho intramolecular Hbond substituents is 1. The highest BCUT2D eigenvalue weighted by molar-refractivity contribution is 6.00. The van der Waals surface area contributed by atoms with Crippen LogP contribution in [-0.4, -0.2) is 28.1 Å². The van der Waals surface area contributed by atoms with Crippen molar-refractivity contribution in [3.05, 3.63) is 23.8 Å². The van der Waals surface area contributed by atoms with Crippen molar-refractivity contribution >= 4 is 17.6 Å². The molecule has 0 aliphatic rings. The van der Waals surface area contributed by atoms with Gasteiger partial charge in [-0.1, -0.05) is 0 Å². The monoisotopic (exact) mass is 252 g/mol. The van der Waals surface area contributed by atoms with Crippen molar-refractivity contribution in [1.82, 2.24) is 0 Å². The zero-order valence-electron chi connectivity index (χ0n) is 10.0. The van der Waals surface area contributed by atoms with Gasteiger partial charge in [-0.3, -0.25) is 4.79 Å². The number of hydrogen-bond acceptors (Lipinski definition) is 4. The quantitative estimate of drug-likeness (QED) is 0.587. The lowest BCUT2D eigenvalue weighted by Crippen LogP contribution is -2.20. The van der Waals surface area contributed by atoms with Gasteiger partial charge in [0.2, 0.25) is 5.91 Å². The first-order valence-corrected chi connectivity index (χ1v) is 5.52. The van der Waals surface area contributed by atoms with Crippen molar-refractivity contribution in [1.29, 1.82) is 0 Å². The van der Waals surface area contributed by atoms with Crippen LogP contribution in [0.4, 0.5) is 5.69 Å². The van der Waals surface area contributed by atoms with Crippen LogP contribution < -0.4 is 11.1 Å². The molecule has 5 N–H and O–H groups in total. The summed E-state index contributed by atoms with van der Waals surface area (Å²) >= 11 is 0. The van der Waals surface area contributed by atoms with E-state index in [9.17, 15) is 14.7 Å². The molecular formula is C12H16N2O4. The molecule has 0 saturated heterocycles. The van der Waals surface area contributed by atoms with Gasteiger partial charge in [0.15, 0.2) is 0 Å². The highest BCUT2D eigenvalue weighted by atomic mass is 16.4. The van der Waals surface area contributed by atoms with Crippen molar-refractivity contribution in [2.24, 2.45) is 5.73 Å². The number of rotatable bonds is 5. The van der Waals surface area contributed by atoms with Crippen LogP contribution in [0, 0.1) is 0 Å². The topological polar surface area (TPSA) is 113 Å². The molecule has 18 heavy (non-hydrogen) atoms. The summed E-state index contributed by atoms with van der Waals surface area (Å²) in [6.07, 6.45) is 0.740. The third-order valence-electron chi connectivity index (χ3n) is 2.33. The third-order valence-corrected chi connectivity index (χ3v) is 2.33. The van der Waals surface area contributed by atoms with Crippen LogP contribution in [0.15, 0.2) is 18.2 Å². The van der Waals surface area contributed by atoms with Crippen molar-refractivity contribution in [2.75, 3.05) is 5.32 Å². The fraction of sp³-hybridized carbons (Fsp3) is 0.333. The molecule has 0 fully saturated rings. The van der Waals surface area contributed by atoms with Crippen LogP contribution >= 0.6 is 0 Å². The van der Waals surface area contributed by atoms with Crippen molar-refractivity contribution in [3.63, 3.8) is 0 Å². The summed E-state index contributed by atoms with van der Waals surface area (Å²) < 4.78 is 0. The predicted octanol–water partition coefficient (Wildman–Crippen LogP) is 1.16. The first kappa shape index (κ1) is 14.0. The normalized spacial score (nSPS) is 11.9. The number of carbonyl (C=O) groups excluding carboxylic acids is 1. The molecule has 6 nitrogen and oxygen atoms in total. The Hall–Kier alpha value is -2.08. The van der Waals surface area contributed by atoms with Crippen molar-refractivity contribution in [2.45, 2.75) is 25.8 Å². The van der Waals surface area contributed by atoms with E-state index in [0.29, 0.717) is 6.42 Å². The number of carboxylic acid groups (broad SMARTS) is 1. The highest BCUT2D eigenvalue weighted by Gasteiger charge is 2.13. The van der Waals surface area contributed by atoms with Gasteiger partial charge in [-0.25, -0.2) is 4.79 Å². The van der Waals surface area contributed by atoms with E-state index in [1.54, 1.807) is 6.92 Å². The number of phenols is 1. The summed E-state index contributed by atoms with van der Waals surface area (Å²) in [6.45, 7) is 1.79. The minimum Gasteiger partial charge on any atom is -0.508 e. The summed E-state index contributed by atoms with van der Waals surface area (Å²) in [5, 5.41) is 20.6. The molecule has 1 atom stereocenters. The Bertz CT molecular complexity index is 457. The van der Waals surface area contributed by atoms with Crippen LogP contribution in [0.1, 0.15) is 30.1 Å². The maximum Gasteiger partial charge on any atom is 0.337 e. The van der Waals surface area contributed by atoms with E-state index in [1.165, 1.54) is 12.1 Å². The molecule has 0 spiro atoms. The molecule has 1 aromatic rings. The minimum atomic E-state index is -1.21. The van der Waals surface area contributed by atoms with Crippen LogP contribution in [0.25, 0.3) is 0 Å². The van der Waals surface area contributed by atoms with Crippen LogP contribution in [0.2, 0.25) is 0 Å². The van der Waals surface area contributed by atoms with Gasteiger partial charge >= 0.3 is 5.97 Å². The molecule has 0 bridgehead atoms. The highest BCUT2D eigenvalue weighted by Crippen LogP contribution is 2.21. The second-order valence-corrected chi connectivity index (χ2v) is 4.10. The fourth-order valence-electron chi connectivity index (χ4n) is 1.39. The summed E-state index contributed by atoms with van der Waals surface area (Å²) in [5.74, 6) is -1.69. The third kappa shape index (κ3) is 4.06. The number of anilines is 1. The van der Waals surface area contributed by atoms with Gasteiger partial charge in [0, 0.05) is 12.5 Å². The average molecular weight is 252 g/mol. The Kier molecular flexibility index (Phi) is 4.67. The predicted molar refractivity (Wildman–Crippen MR) is 66.6 cm³/mol. The Morgan fingerprint density at radius 2 is 2.11 bits per heavy atom. The van der Waals surface area contributed by atoms with Gasteiger partial charge in [-0.05, 0) is 31.5 Å². The second-order valence-electron chi connectivity index (χ2n) is 4.10. The first-order chi connectivity index (χ1) is 8.40. The fourth-order valence-corrected chi connectivity index (χ4v) is 1.39. The molecule has 0 aromatic heterocycles. The maximum atomic E-state index is 11.6. The van der Waals surface area contributed by atoms with Crippen LogP contribution in [0.3, 0.4) is 0 Å². The molecule has 0 heterocycles. The molecule has 0 aliphatic heterocycles. The van der Waals surface area contributed by atoms with E-state index in [1.807, 2.05) is 0 Å². The van der Waals surface area contributed by atoms with E-state index < -0.39 is 5.97 Å². The molecule has 0 saturated carbocycles. The summed E-state index contributed by atoms with van der Waals surface area (Å²) in [7, 11) is 0. The van der Waals surface area contributed by atoms with Gasteiger partial charge in [-0.2, -0.15) is 0 Å². The zero-order valence-corrected chi connectivity index (χ0v) is 10.0. The molecule has 1 amide bonds. The molecule has 0 aliphatic carbocycles. The molecule has 98 valence electrons. The number of nitrogens with one attached hydrogen (secondary N) is 1. The molecule has 6 heteroatoms. The summed E-state index contributed by atoms with van der Waals surface area (Å²) in [5.41, 5.74) is 5.54. The number of carbonyl (C=O) groups is 2. The zero-order chi connectivity index (χ0) is 13.7. The Morgan fingerprint density at radius 3 is 2.67 bits per heavy atom. The van der Waals surface area contributed by atoms with E-state index in [-0.39, 0.29) is 35.4 Å². The number of carboxylic acids is 1. The number of hydrogen-bond donors (Lipinski definition) is 4. The largest absolute Gasteiger partial charge is 0.508 e. The molecular weight excluding hydrogens is 236 g/mol. The van der Waals surface area contributed by atoms with Gasteiger partial charge in [0.25, 0.3) is 0 Å². The van der Waals surface area contributed by atoms with E-state index in [2.05, 4.69) is 5.32 Å². The number of nitrogens with two attached hydrogens (primary N) is 1. The Labute approximate surface area is 104 Å². The number of benzene rings is 1. The number of amides is 1. The second kappa shape index (κ2) is 6.02. The van der Waals surface area contributed by atoms with E-state index in [0.717, 1.165) is 6.07 Å². The SMILES string of the molecule is CC(N)CCC(=O)Nc1ccc(O)cc1C(=O)O. The first-order valence-electron chi connectivity index (χ1n) is 5.52. The average Bonchev–Trinajstić information content (AvgIpc) is 2.28. The summed E-state index contributed by atoms with van der Waals surface area (Å²) in [6, 6.07) is 3.66. The van der Waals surface area contributed by atoms with E-state index >= 15 is 0 Å². The molecule has 1 aromatic carbocycles. The Morgan fingerprint density at radius 1 is 1.44 bits per heavy atom. The standard InChI is InChI=1S/C12H16N2O4/c1-7(13)2-5-11(16)14-10-4-3-8(15)6-9(10)12(17)18/h3-4,6-7,15H,2,5,13H2,1H3,(H,14,16)(H,17,18). The van der Waals surface area contributed by atoms with Gasteiger partial charge in [0.1, 0.15) is 5.75 Å². The minimum absolute atomic E-state index is 0.0884. The molecule has 0 radical (unpaired) electrons. The summed E-state index contributed by atoms with van der Waals surface area (Å²) in [4.78, 5) is 22.5. The van der Waals surface area contributed by atoms with Crippen LogP contribution in [0.5, 0.6) is 5.75 Å². The number of aromatic carboxylic acids is 1. The van der Waals surface area contributed by atoms with Crippen molar-refractivity contribution in [3.8, 4) is 5.75 Å². The van der Waals surface area contributed by atoms with E-state index in [4.69, 9.17) is 10.8 Å². The molecule has 1 rings (SSSR count). The smallest absolute Gasteiger partial charge is 0.337 e. The number of aromatic hydroxyl groups is 1. The Balaban J connectivity index is 2.78. The molecule has 1 unspecified atom stereocenters. The van der Waals surface area contributed by atoms with Gasteiger partial charge < -0.3 is 21.3 Å². The lowest BCUT2D eigenvalue weighted by molar-refractivity contribution is -0.116. The lowest BCUT2D eigenvalue weighted by atomic mass is 10.1. The van der Waals surface area contributed by atoms with Crippen molar-refractivity contribution < 1.29 is 19.8 Å². The van der Waals surface area contributed by atoms with Gasteiger partial charge in [-0.15, -0.1) is 0 Å². The lowest BCUT2D eigenvalue weighted by Gasteiger charge is -2.09. The van der Waals surface area contributed by atoms with Crippen LogP contribution in [-0.2, 0) is 4.79 Å². The van der Waals surface area contributed by atoms with Gasteiger partial charge in [0.05, 0.1) is 11.3 Å². The maximum absolute atomic E-state index is 11.6.